The molecule has 2 aliphatic carbocycles. The maximum Gasteiger partial charge on any atom is 0.223 e. The van der Waals surface area contributed by atoms with Gasteiger partial charge in [-0.05, 0) is 32.1 Å². The number of hydrogen-bond donors (Lipinski definition) is 2. The Balaban J connectivity index is 0.00000176. The molecule has 0 spiro atoms. The summed E-state index contributed by atoms with van der Waals surface area (Å²) in [7, 11) is 0. The number of halogens is 1. The van der Waals surface area contributed by atoms with Crippen LogP contribution in [0.3, 0.4) is 0 Å². The van der Waals surface area contributed by atoms with Gasteiger partial charge in [0.2, 0.25) is 11.8 Å². The highest BCUT2D eigenvalue weighted by atomic mass is 35.5. The first kappa shape index (κ1) is 17.2. The summed E-state index contributed by atoms with van der Waals surface area (Å²) in [6.07, 6.45) is 7.71. The molecule has 2 atom stereocenters. The van der Waals surface area contributed by atoms with E-state index < -0.39 is 5.54 Å². The Bertz CT molecular complexity index is 513. The van der Waals surface area contributed by atoms with Gasteiger partial charge >= 0.3 is 0 Å². The van der Waals surface area contributed by atoms with Crippen molar-refractivity contribution in [3.8, 4) is 0 Å². The average Bonchev–Trinajstić information content (AvgIpc) is 3.09. The Morgan fingerprint density at radius 1 is 1.32 bits per heavy atom. The number of carbonyl (C=O) groups is 1. The van der Waals surface area contributed by atoms with E-state index in [0.29, 0.717) is 11.7 Å². The molecule has 3 rings (SSSR count). The Morgan fingerprint density at radius 3 is 2.64 bits per heavy atom. The summed E-state index contributed by atoms with van der Waals surface area (Å²) in [5, 5.41) is 7.29. The highest BCUT2D eigenvalue weighted by molar-refractivity contribution is 5.85. The van der Waals surface area contributed by atoms with Crippen LogP contribution in [0.15, 0.2) is 4.52 Å². The molecule has 1 heterocycles. The molecular formula is C15H25ClN4O2. The molecule has 1 amide bonds. The molecule has 0 aromatic carbocycles. The van der Waals surface area contributed by atoms with Crippen LogP contribution in [0.1, 0.15) is 63.1 Å². The summed E-state index contributed by atoms with van der Waals surface area (Å²) < 4.78 is 5.11. The van der Waals surface area contributed by atoms with Crippen LogP contribution in [0, 0.1) is 12.8 Å². The molecule has 7 heteroatoms. The SMILES string of the molecule is Cc1nc(C2(NC(=O)C3CCCC(N)C3)CCCC2)no1.Cl. The third-order valence-electron chi connectivity index (χ3n) is 4.86. The largest absolute Gasteiger partial charge is 0.343 e. The van der Waals surface area contributed by atoms with Gasteiger partial charge in [0.1, 0.15) is 5.54 Å². The number of aryl methyl sites for hydroxylation is 1. The van der Waals surface area contributed by atoms with Crippen LogP contribution in [-0.4, -0.2) is 22.1 Å². The highest BCUT2D eigenvalue weighted by Crippen LogP contribution is 2.38. The van der Waals surface area contributed by atoms with E-state index in [1.54, 1.807) is 6.92 Å². The number of nitrogens with one attached hydrogen (secondary N) is 1. The smallest absolute Gasteiger partial charge is 0.223 e. The standard InChI is InChI=1S/C15H24N4O2.ClH/c1-10-17-14(19-21-10)15(7-2-3-8-15)18-13(20)11-5-4-6-12(16)9-11;/h11-12H,2-9,16H2,1H3,(H,18,20);1H. The fraction of sp³-hybridized carbons (Fsp3) is 0.800. The first-order valence-electron chi connectivity index (χ1n) is 7.97. The lowest BCUT2D eigenvalue weighted by atomic mass is 9.84. The van der Waals surface area contributed by atoms with Gasteiger partial charge in [0.05, 0.1) is 0 Å². The quantitative estimate of drug-likeness (QED) is 0.887. The molecule has 1 aromatic rings. The molecule has 1 aromatic heterocycles. The number of nitrogens with zero attached hydrogens (tertiary/aromatic N) is 2. The summed E-state index contributed by atoms with van der Waals surface area (Å²) in [6, 6.07) is 0.154. The second-order valence-corrected chi connectivity index (χ2v) is 6.54. The molecule has 124 valence electrons. The fourth-order valence-corrected chi connectivity index (χ4v) is 3.68. The maximum atomic E-state index is 12.6. The Kier molecular flexibility index (Phi) is 5.45. The minimum Gasteiger partial charge on any atom is -0.343 e. The number of nitrogens with two attached hydrogens (primary N) is 1. The Morgan fingerprint density at radius 2 is 2.05 bits per heavy atom. The van der Waals surface area contributed by atoms with Gasteiger partial charge in [-0.15, -0.1) is 12.4 Å². The molecule has 2 fully saturated rings. The topological polar surface area (TPSA) is 94.0 Å². The van der Waals surface area contributed by atoms with Crippen LogP contribution in [-0.2, 0) is 10.3 Å². The Labute approximate surface area is 137 Å². The van der Waals surface area contributed by atoms with Gasteiger partial charge in [0, 0.05) is 18.9 Å². The zero-order valence-corrected chi connectivity index (χ0v) is 13.8. The first-order valence-corrected chi connectivity index (χ1v) is 7.97. The van der Waals surface area contributed by atoms with Crippen molar-refractivity contribution in [2.24, 2.45) is 11.7 Å². The van der Waals surface area contributed by atoms with E-state index in [2.05, 4.69) is 15.5 Å². The maximum absolute atomic E-state index is 12.6. The number of aromatic nitrogens is 2. The highest BCUT2D eigenvalue weighted by Gasteiger charge is 2.42. The van der Waals surface area contributed by atoms with Crippen LogP contribution in [0.2, 0.25) is 0 Å². The average molecular weight is 329 g/mol. The van der Waals surface area contributed by atoms with Crippen LogP contribution in [0.4, 0.5) is 0 Å². The van der Waals surface area contributed by atoms with Gasteiger partial charge in [-0.25, -0.2) is 0 Å². The summed E-state index contributed by atoms with van der Waals surface area (Å²) in [4.78, 5) is 17.0. The predicted octanol–water partition coefficient (Wildman–Crippen LogP) is 2.20. The van der Waals surface area contributed by atoms with Gasteiger partial charge in [-0.3, -0.25) is 4.79 Å². The second-order valence-electron chi connectivity index (χ2n) is 6.54. The molecule has 2 unspecified atom stereocenters. The summed E-state index contributed by atoms with van der Waals surface area (Å²) in [6.45, 7) is 1.78. The van der Waals surface area contributed by atoms with E-state index in [1.165, 1.54) is 0 Å². The van der Waals surface area contributed by atoms with Crippen LogP contribution >= 0.6 is 12.4 Å². The number of amides is 1. The lowest BCUT2D eigenvalue weighted by Crippen LogP contribution is -2.48. The van der Waals surface area contributed by atoms with E-state index in [-0.39, 0.29) is 30.3 Å². The number of hydrogen-bond acceptors (Lipinski definition) is 5. The van der Waals surface area contributed by atoms with Crippen molar-refractivity contribution < 1.29 is 9.32 Å². The van der Waals surface area contributed by atoms with Crippen molar-refractivity contribution in [2.75, 3.05) is 0 Å². The molecule has 22 heavy (non-hydrogen) atoms. The van der Waals surface area contributed by atoms with Gasteiger partial charge in [0.25, 0.3) is 0 Å². The summed E-state index contributed by atoms with van der Waals surface area (Å²) >= 11 is 0. The van der Waals surface area contributed by atoms with E-state index in [0.717, 1.165) is 51.4 Å². The van der Waals surface area contributed by atoms with Gasteiger partial charge in [-0.2, -0.15) is 4.98 Å². The fourth-order valence-electron chi connectivity index (χ4n) is 3.68. The van der Waals surface area contributed by atoms with E-state index in [1.807, 2.05) is 0 Å². The molecule has 0 saturated heterocycles. The minimum absolute atomic E-state index is 0. The van der Waals surface area contributed by atoms with Crippen molar-refractivity contribution in [3.05, 3.63) is 11.7 Å². The molecule has 6 nitrogen and oxygen atoms in total. The van der Waals surface area contributed by atoms with Crippen LogP contribution in [0.5, 0.6) is 0 Å². The predicted molar refractivity (Wildman–Crippen MR) is 84.5 cm³/mol. The summed E-state index contributed by atoms with van der Waals surface area (Å²) in [5.74, 6) is 1.31. The molecule has 0 aliphatic heterocycles. The lowest BCUT2D eigenvalue weighted by Gasteiger charge is -2.32. The van der Waals surface area contributed by atoms with Crippen molar-refractivity contribution in [1.29, 1.82) is 0 Å². The van der Waals surface area contributed by atoms with Crippen molar-refractivity contribution >= 4 is 18.3 Å². The number of carbonyl (C=O) groups excluding carboxylic acids is 1. The normalized spacial score (nSPS) is 27.2. The van der Waals surface area contributed by atoms with E-state index in [4.69, 9.17) is 10.3 Å². The molecule has 0 radical (unpaired) electrons. The molecular weight excluding hydrogens is 304 g/mol. The lowest BCUT2D eigenvalue weighted by molar-refractivity contribution is -0.128. The molecule has 2 saturated carbocycles. The third kappa shape index (κ3) is 3.43. The second kappa shape index (κ2) is 6.96. The molecule has 0 bridgehead atoms. The molecule has 2 aliphatic rings. The van der Waals surface area contributed by atoms with Crippen LogP contribution < -0.4 is 11.1 Å². The van der Waals surface area contributed by atoms with Gasteiger partial charge < -0.3 is 15.6 Å². The first-order chi connectivity index (χ1) is 10.1. The van der Waals surface area contributed by atoms with Gasteiger partial charge in [0.15, 0.2) is 5.82 Å². The zero-order valence-electron chi connectivity index (χ0n) is 13.0. The van der Waals surface area contributed by atoms with E-state index >= 15 is 0 Å². The molecule has 3 N–H and O–H groups in total. The zero-order chi connectivity index (χ0) is 14.9. The monoisotopic (exact) mass is 328 g/mol. The summed E-state index contributed by atoms with van der Waals surface area (Å²) in [5.41, 5.74) is 5.56. The number of rotatable bonds is 3. The van der Waals surface area contributed by atoms with Crippen molar-refractivity contribution in [3.63, 3.8) is 0 Å². The minimum atomic E-state index is -0.434. The van der Waals surface area contributed by atoms with Crippen LogP contribution in [0.25, 0.3) is 0 Å². The third-order valence-corrected chi connectivity index (χ3v) is 4.86. The Hall–Kier alpha value is -1.14. The van der Waals surface area contributed by atoms with Crippen molar-refractivity contribution in [2.45, 2.75) is 69.9 Å². The van der Waals surface area contributed by atoms with Gasteiger partial charge in [-0.1, -0.05) is 24.4 Å². The van der Waals surface area contributed by atoms with Crippen molar-refractivity contribution in [1.82, 2.24) is 15.5 Å². The van der Waals surface area contributed by atoms with E-state index in [9.17, 15) is 4.79 Å².